The minimum atomic E-state index is 0. The Morgan fingerprint density at radius 3 is 2.43 bits per heavy atom. The molecule has 1 aromatic carbocycles. The zero-order valence-electron chi connectivity index (χ0n) is 18.9. The van der Waals surface area contributed by atoms with E-state index in [4.69, 9.17) is 9.47 Å². The van der Waals surface area contributed by atoms with Crippen LogP contribution in [0.25, 0.3) is 0 Å². The van der Waals surface area contributed by atoms with Gasteiger partial charge < -0.3 is 25.0 Å². The molecule has 0 bridgehead atoms. The first-order valence-corrected chi connectivity index (χ1v) is 10.9. The summed E-state index contributed by atoms with van der Waals surface area (Å²) in [5.41, 5.74) is 2.68. The first-order valence-electron chi connectivity index (χ1n) is 10.9. The highest BCUT2D eigenvalue weighted by atomic mass is 127. The highest BCUT2D eigenvalue weighted by molar-refractivity contribution is 14.0. The normalized spacial score (nSPS) is 22.9. The molecule has 1 aromatic rings. The molecule has 0 aliphatic carbocycles. The van der Waals surface area contributed by atoms with Crippen LogP contribution in [-0.2, 0) is 16.0 Å². The number of aliphatic imine (C=N–C) groups is 1. The second-order valence-electron chi connectivity index (χ2n) is 9.13. The third kappa shape index (κ3) is 7.27. The molecule has 0 amide bonds. The fourth-order valence-electron chi connectivity index (χ4n) is 4.29. The van der Waals surface area contributed by atoms with Gasteiger partial charge in [0.2, 0.25) is 0 Å². The van der Waals surface area contributed by atoms with Gasteiger partial charge in [-0.3, -0.25) is 4.99 Å². The van der Waals surface area contributed by atoms with Gasteiger partial charge in [0.15, 0.2) is 5.96 Å². The van der Waals surface area contributed by atoms with E-state index < -0.39 is 0 Å². The van der Waals surface area contributed by atoms with E-state index in [2.05, 4.69) is 65.6 Å². The zero-order chi connectivity index (χ0) is 20.7. The quantitative estimate of drug-likeness (QED) is 0.346. The Morgan fingerprint density at radius 1 is 1.10 bits per heavy atom. The summed E-state index contributed by atoms with van der Waals surface area (Å²) in [6, 6.07) is 8.78. The summed E-state index contributed by atoms with van der Waals surface area (Å²) in [5, 5.41) is 6.95. The van der Waals surface area contributed by atoms with Gasteiger partial charge in [-0.05, 0) is 36.0 Å². The van der Waals surface area contributed by atoms with Crippen molar-refractivity contribution in [3.05, 3.63) is 29.8 Å². The number of benzene rings is 1. The molecule has 0 aromatic heterocycles. The highest BCUT2D eigenvalue weighted by Gasteiger charge is 2.35. The van der Waals surface area contributed by atoms with Gasteiger partial charge >= 0.3 is 0 Å². The SMILES string of the molecule is CN=C(NCc1ccc(N2CCOCC2)cc1)NCC1CCCOC1C(C)(C)C.I. The molecular formula is C23H39IN4O2. The van der Waals surface area contributed by atoms with Crippen molar-refractivity contribution in [3.63, 3.8) is 0 Å². The number of guanidine groups is 1. The summed E-state index contributed by atoms with van der Waals surface area (Å²) in [7, 11) is 1.83. The van der Waals surface area contributed by atoms with E-state index in [9.17, 15) is 0 Å². The minimum Gasteiger partial charge on any atom is -0.378 e. The Bertz CT molecular complexity index is 654. The predicted molar refractivity (Wildman–Crippen MR) is 135 cm³/mol. The van der Waals surface area contributed by atoms with Crippen molar-refractivity contribution in [2.45, 2.75) is 46.3 Å². The predicted octanol–water partition coefficient (Wildman–Crippen LogP) is 3.65. The van der Waals surface area contributed by atoms with E-state index in [1.807, 2.05) is 7.05 Å². The Balaban J connectivity index is 0.00000320. The summed E-state index contributed by atoms with van der Waals surface area (Å²) in [6.45, 7) is 12.9. The number of anilines is 1. The lowest BCUT2D eigenvalue weighted by Crippen LogP contribution is -2.47. The van der Waals surface area contributed by atoms with Crippen LogP contribution in [0.4, 0.5) is 5.69 Å². The molecule has 2 heterocycles. The van der Waals surface area contributed by atoms with Crippen LogP contribution in [0.1, 0.15) is 39.2 Å². The van der Waals surface area contributed by atoms with Gasteiger partial charge in [-0.15, -0.1) is 24.0 Å². The molecule has 2 atom stereocenters. The van der Waals surface area contributed by atoms with Gasteiger partial charge in [-0.1, -0.05) is 32.9 Å². The van der Waals surface area contributed by atoms with Crippen LogP contribution in [0.5, 0.6) is 0 Å². The standard InChI is InChI=1S/C23H38N4O2.HI/c1-23(2,3)21-19(6-5-13-29-21)17-26-22(24-4)25-16-18-7-9-20(10-8-18)27-11-14-28-15-12-27;/h7-10,19,21H,5-6,11-17H2,1-4H3,(H2,24,25,26);1H. The van der Waals surface area contributed by atoms with Gasteiger partial charge in [0, 0.05) is 51.4 Å². The van der Waals surface area contributed by atoms with E-state index in [1.165, 1.54) is 17.7 Å². The van der Waals surface area contributed by atoms with Crippen molar-refractivity contribution in [1.82, 2.24) is 10.6 Å². The van der Waals surface area contributed by atoms with E-state index in [0.717, 1.165) is 58.4 Å². The summed E-state index contributed by atoms with van der Waals surface area (Å²) in [5.74, 6) is 1.36. The fraction of sp³-hybridized carbons (Fsp3) is 0.696. The van der Waals surface area contributed by atoms with Crippen LogP contribution >= 0.6 is 24.0 Å². The van der Waals surface area contributed by atoms with Crippen LogP contribution in [-0.4, -0.2) is 58.6 Å². The van der Waals surface area contributed by atoms with Crippen LogP contribution in [0.15, 0.2) is 29.3 Å². The van der Waals surface area contributed by atoms with Gasteiger partial charge in [-0.25, -0.2) is 0 Å². The van der Waals surface area contributed by atoms with Crippen LogP contribution in [0, 0.1) is 11.3 Å². The number of hydrogen-bond acceptors (Lipinski definition) is 4. The second-order valence-corrected chi connectivity index (χ2v) is 9.13. The molecule has 0 saturated carbocycles. The lowest BCUT2D eigenvalue weighted by molar-refractivity contribution is -0.0835. The largest absolute Gasteiger partial charge is 0.378 e. The number of hydrogen-bond donors (Lipinski definition) is 2. The van der Waals surface area contributed by atoms with Crippen LogP contribution in [0.2, 0.25) is 0 Å². The topological polar surface area (TPSA) is 58.1 Å². The van der Waals surface area contributed by atoms with E-state index >= 15 is 0 Å². The maximum absolute atomic E-state index is 6.10. The average molecular weight is 530 g/mol. The number of rotatable bonds is 5. The third-order valence-corrected chi connectivity index (χ3v) is 5.83. The average Bonchev–Trinajstić information content (AvgIpc) is 2.74. The maximum Gasteiger partial charge on any atom is 0.191 e. The number of halogens is 1. The van der Waals surface area contributed by atoms with E-state index in [1.54, 1.807) is 0 Å². The molecular weight excluding hydrogens is 491 g/mol. The smallest absolute Gasteiger partial charge is 0.191 e. The summed E-state index contributed by atoms with van der Waals surface area (Å²) < 4.78 is 11.5. The fourth-order valence-corrected chi connectivity index (χ4v) is 4.29. The second kappa shape index (κ2) is 12.1. The molecule has 2 unspecified atom stereocenters. The Kier molecular flexibility index (Phi) is 10.2. The lowest BCUT2D eigenvalue weighted by Gasteiger charge is -2.40. The molecule has 6 nitrogen and oxygen atoms in total. The lowest BCUT2D eigenvalue weighted by atomic mass is 9.78. The molecule has 2 N–H and O–H groups in total. The monoisotopic (exact) mass is 530 g/mol. The van der Waals surface area contributed by atoms with Crippen molar-refractivity contribution in [2.75, 3.05) is 51.4 Å². The number of morpholine rings is 1. The van der Waals surface area contributed by atoms with Gasteiger partial charge in [0.25, 0.3) is 0 Å². The van der Waals surface area contributed by atoms with E-state index in [-0.39, 0.29) is 35.5 Å². The highest BCUT2D eigenvalue weighted by Crippen LogP contribution is 2.33. The molecule has 170 valence electrons. The Hall–Kier alpha value is -1.06. The Morgan fingerprint density at radius 2 is 1.80 bits per heavy atom. The molecule has 2 aliphatic heterocycles. The van der Waals surface area contributed by atoms with E-state index in [0.29, 0.717) is 5.92 Å². The molecule has 2 saturated heterocycles. The van der Waals surface area contributed by atoms with Crippen molar-refractivity contribution < 1.29 is 9.47 Å². The molecule has 3 rings (SSSR count). The summed E-state index contributed by atoms with van der Waals surface area (Å²) >= 11 is 0. The molecule has 0 spiro atoms. The third-order valence-electron chi connectivity index (χ3n) is 5.83. The minimum absolute atomic E-state index is 0. The van der Waals surface area contributed by atoms with Crippen molar-refractivity contribution in [1.29, 1.82) is 0 Å². The maximum atomic E-state index is 6.10. The number of nitrogens with zero attached hydrogens (tertiary/aromatic N) is 2. The van der Waals surface area contributed by atoms with Gasteiger partial charge in [0.05, 0.1) is 19.3 Å². The van der Waals surface area contributed by atoms with Crippen molar-refractivity contribution >= 4 is 35.6 Å². The molecule has 0 radical (unpaired) electrons. The summed E-state index contributed by atoms with van der Waals surface area (Å²) in [4.78, 5) is 6.77. The number of nitrogens with one attached hydrogen (secondary N) is 2. The molecule has 2 fully saturated rings. The molecule has 7 heteroatoms. The first-order chi connectivity index (χ1) is 14.0. The zero-order valence-corrected chi connectivity index (χ0v) is 21.3. The van der Waals surface area contributed by atoms with Crippen molar-refractivity contribution in [2.24, 2.45) is 16.3 Å². The van der Waals surface area contributed by atoms with Crippen LogP contribution in [0.3, 0.4) is 0 Å². The molecule has 30 heavy (non-hydrogen) atoms. The molecule has 2 aliphatic rings. The Labute approximate surface area is 199 Å². The number of ether oxygens (including phenoxy) is 2. The van der Waals surface area contributed by atoms with Gasteiger partial charge in [0.1, 0.15) is 0 Å². The summed E-state index contributed by atoms with van der Waals surface area (Å²) in [6.07, 6.45) is 2.63. The van der Waals surface area contributed by atoms with Crippen molar-refractivity contribution in [3.8, 4) is 0 Å². The van der Waals surface area contributed by atoms with Crippen LogP contribution < -0.4 is 15.5 Å². The van der Waals surface area contributed by atoms with Gasteiger partial charge in [-0.2, -0.15) is 0 Å². The first kappa shape index (κ1) is 25.2.